The number of amides is 1. The van der Waals surface area contributed by atoms with Crippen molar-refractivity contribution in [3.8, 4) is 6.07 Å². The smallest absolute Gasteiger partial charge is 0.411 e. The summed E-state index contributed by atoms with van der Waals surface area (Å²) < 4.78 is 10.3. The Morgan fingerprint density at radius 2 is 2.08 bits per heavy atom. The van der Waals surface area contributed by atoms with Crippen molar-refractivity contribution in [2.24, 2.45) is 0 Å². The van der Waals surface area contributed by atoms with Crippen LogP contribution in [0.3, 0.4) is 0 Å². The Morgan fingerprint density at radius 3 is 2.71 bits per heavy atom. The van der Waals surface area contributed by atoms with Crippen LogP contribution in [0.15, 0.2) is 36.1 Å². The molecular formula is C17H21N3O4. The fourth-order valence-electron chi connectivity index (χ4n) is 2.42. The normalized spacial score (nSPS) is 21.7. The van der Waals surface area contributed by atoms with E-state index in [2.05, 4.69) is 10.6 Å². The third-order valence-corrected chi connectivity index (χ3v) is 3.63. The molecule has 0 saturated heterocycles. The van der Waals surface area contributed by atoms with Gasteiger partial charge >= 0.3 is 6.09 Å². The van der Waals surface area contributed by atoms with Crippen molar-refractivity contribution in [3.63, 3.8) is 0 Å². The average molecular weight is 331 g/mol. The summed E-state index contributed by atoms with van der Waals surface area (Å²) in [7, 11) is 0. The van der Waals surface area contributed by atoms with E-state index in [1.54, 1.807) is 45.0 Å². The maximum atomic E-state index is 11.6. The monoisotopic (exact) mass is 331 g/mol. The largest absolute Gasteiger partial charge is 0.475 e. The van der Waals surface area contributed by atoms with Gasteiger partial charge in [-0.05, 0) is 39.0 Å². The number of hydrogen-bond donors (Lipinski definition) is 3. The minimum atomic E-state index is -0.916. The van der Waals surface area contributed by atoms with Gasteiger partial charge in [0.15, 0.2) is 5.76 Å². The Kier molecular flexibility index (Phi) is 5.31. The molecule has 0 spiro atoms. The lowest BCUT2D eigenvalue weighted by atomic mass is 9.91. The Morgan fingerprint density at radius 1 is 1.42 bits per heavy atom. The molecule has 0 radical (unpaired) electrons. The van der Waals surface area contributed by atoms with Crippen molar-refractivity contribution in [1.29, 1.82) is 5.26 Å². The summed E-state index contributed by atoms with van der Waals surface area (Å²) in [5.74, 6) is 0.138. The number of aliphatic hydroxyl groups excluding tert-OH is 1. The molecule has 0 aromatic heterocycles. The molecule has 1 aliphatic heterocycles. The lowest BCUT2D eigenvalue weighted by molar-refractivity contribution is -0.0791. The molecule has 0 aliphatic carbocycles. The van der Waals surface area contributed by atoms with E-state index < -0.39 is 23.8 Å². The standard InChI is InChI=1S/C17H21N3O4/c1-4-23-16(22)20-13-8-6-5-7-12(13)19-14-9-11(10-18)24-17(2,3)15(14)21/h5-9,14-15,19,21H,4H2,1-3H3,(H,20,22)/t14-,15+/m1/s1. The Bertz CT molecular complexity index is 679. The van der Waals surface area contributed by atoms with E-state index in [1.165, 1.54) is 6.08 Å². The first-order chi connectivity index (χ1) is 11.4. The minimum Gasteiger partial charge on any atom is -0.475 e. The summed E-state index contributed by atoms with van der Waals surface area (Å²) in [4.78, 5) is 11.6. The molecule has 1 heterocycles. The molecular weight excluding hydrogens is 310 g/mol. The topological polar surface area (TPSA) is 104 Å². The van der Waals surface area contributed by atoms with Crippen molar-refractivity contribution in [1.82, 2.24) is 0 Å². The molecule has 7 heteroatoms. The molecule has 0 unspecified atom stereocenters. The van der Waals surface area contributed by atoms with Crippen LogP contribution in [0.2, 0.25) is 0 Å². The number of ether oxygens (including phenoxy) is 2. The van der Waals surface area contributed by atoms with Gasteiger partial charge in [0.05, 0.1) is 24.0 Å². The van der Waals surface area contributed by atoms with Crippen LogP contribution in [0.25, 0.3) is 0 Å². The number of benzene rings is 1. The summed E-state index contributed by atoms with van der Waals surface area (Å²) in [6.45, 7) is 5.40. The van der Waals surface area contributed by atoms with E-state index in [0.29, 0.717) is 11.4 Å². The van der Waals surface area contributed by atoms with Crippen molar-refractivity contribution in [2.75, 3.05) is 17.2 Å². The Balaban J connectivity index is 2.24. The highest BCUT2D eigenvalue weighted by Gasteiger charge is 2.40. The van der Waals surface area contributed by atoms with Crippen LogP contribution in [0.5, 0.6) is 0 Å². The molecule has 24 heavy (non-hydrogen) atoms. The predicted octanol–water partition coefficient (Wildman–Crippen LogP) is 2.61. The van der Waals surface area contributed by atoms with Crippen LogP contribution in [0, 0.1) is 11.3 Å². The molecule has 0 fully saturated rings. The SMILES string of the molecule is CCOC(=O)Nc1ccccc1N[C@@H]1C=C(C#N)OC(C)(C)[C@H]1O. The maximum Gasteiger partial charge on any atom is 0.411 e. The minimum absolute atomic E-state index is 0.138. The van der Waals surface area contributed by atoms with Gasteiger partial charge in [0.1, 0.15) is 17.8 Å². The third-order valence-electron chi connectivity index (χ3n) is 3.63. The molecule has 0 bridgehead atoms. The number of rotatable bonds is 4. The van der Waals surface area contributed by atoms with Crippen molar-refractivity contribution in [3.05, 3.63) is 36.1 Å². The summed E-state index contributed by atoms with van der Waals surface area (Å²) in [6, 6.07) is 8.45. The van der Waals surface area contributed by atoms with Crippen LogP contribution in [-0.4, -0.2) is 35.6 Å². The summed E-state index contributed by atoms with van der Waals surface area (Å²) in [5, 5.41) is 25.4. The molecule has 1 aliphatic rings. The molecule has 3 N–H and O–H groups in total. The molecule has 128 valence electrons. The average Bonchev–Trinajstić information content (AvgIpc) is 2.53. The Labute approximate surface area is 140 Å². The highest BCUT2D eigenvalue weighted by molar-refractivity contribution is 5.89. The van der Waals surface area contributed by atoms with E-state index in [9.17, 15) is 9.90 Å². The van der Waals surface area contributed by atoms with Crippen LogP contribution >= 0.6 is 0 Å². The van der Waals surface area contributed by atoms with Crippen molar-refractivity contribution in [2.45, 2.75) is 38.5 Å². The highest BCUT2D eigenvalue weighted by Crippen LogP contribution is 2.31. The first kappa shape index (κ1) is 17.6. The number of para-hydroxylation sites is 2. The quantitative estimate of drug-likeness (QED) is 0.783. The lowest BCUT2D eigenvalue weighted by Gasteiger charge is -2.39. The van der Waals surface area contributed by atoms with Gasteiger partial charge in [-0.15, -0.1) is 0 Å². The fraction of sp³-hybridized carbons (Fsp3) is 0.412. The highest BCUT2D eigenvalue weighted by atomic mass is 16.5. The molecule has 1 amide bonds. The van der Waals surface area contributed by atoms with Crippen LogP contribution in [0.4, 0.5) is 16.2 Å². The number of nitriles is 1. The van der Waals surface area contributed by atoms with Crippen LogP contribution in [-0.2, 0) is 9.47 Å². The number of nitrogens with zero attached hydrogens (tertiary/aromatic N) is 1. The predicted molar refractivity (Wildman–Crippen MR) is 89.4 cm³/mol. The van der Waals surface area contributed by atoms with Gasteiger partial charge in [-0.1, -0.05) is 12.1 Å². The lowest BCUT2D eigenvalue weighted by Crippen LogP contribution is -2.51. The van der Waals surface area contributed by atoms with Crippen molar-refractivity contribution < 1.29 is 19.4 Å². The fourth-order valence-corrected chi connectivity index (χ4v) is 2.42. The maximum absolute atomic E-state index is 11.6. The van der Waals surface area contributed by atoms with Gasteiger partial charge in [0.25, 0.3) is 0 Å². The second kappa shape index (κ2) is 7.23. The summed E-state index contributed by atoms with van der Waals surface area (Å²) in [5.41, 5.74) is 0.196. The zero-order chi connectivity index (χ0) is 17.7. The van der Waals surface area contributed by atoms with Gasteiger partial charge in [0, 0.05) is 0 Å². The van der Waals surface area contributed by atoms with Gasteiger partial charge in [-0.3, -0.25) is 5.32 Å². The second-order valence-electron chi connectivity index (χ2n) is 5.85. The van der Waals surface area contributed by atoms with Crippen molar-refractivity contribution >= 4 is 17.5 Å². The van der Waals surface area contributed by atoms with E-state index in [-0.39, 0.29) is 12.4 Å². The van der Waals surface area contributed by atoms with Crippen LogP contribution < -0.4 is 10.6 Å². The van der Waals surface area contributed by atoms with Crippen LogP contribution in [0.1, 0.15) is 20.8 Å². The van der Waals surface area contributed by atoms with E-state index >= 15 is 0 Å². The number of carbonyl (C=O) groups is 1. The van der Waals surface area contributed by atoms with E-state index in [1.807, 2.05) is 6.07 Å². The first-order valence-electron chi connectivity index (χ1n) is 7.65. The number of hydrogen-bond acceptors (Lipinski definition) is 6. The molecule has 7 nitrogen and oxygen atoms in total. The molecule has 1 aromatic rings. The zero-order valence-corrected chi connectivity index (χ0v) is 13.9. The third kappa shape index (κ3) is 3.97. The first-order valence-corrected chi connectivity index (χ1v) is 7.65. The van der Waals surface area contributed by atoms with Gasteiger partial charge in [-0.25, -0.2) is 4.79 Å². The van der Waals surface area contributed by atoms with Gasteiger partial charge in [0.2, 0.25) is 0 Å². The van der Waals surface area contributed by atoms with E-state index in [4.69, 9.17) is 14.7 Å². The number of anilines is 2. The Hall–Kier alpha value is -2.72. The van der Waals surface area contributed by atoms with E-state index in [0.717, 1.165) is 0 Å². The molecule has 2 atom stereocenters. The molecule has 0 saturated carbocycles. The number of nitrogens with one attached hydrogen (secondary N) is 2. The summed E-state index contributed by atoms with van der Waals surface area (Å²) >= 11 is 0. The summed E-state index contributed by atoms with van der Waals surface area (Å²) in [6.07, 6.45) is 0.0787. The number of carbonyl (C=O) groups excluding carboxylic acids is 1. The van der Waals surface area contributed by atoms with Gasteiger partial charge < -0.3 is 19.9 Å². The molecule has 1 aromatic carbocycles. The zero-order valence-electron chi connectivity index (χ0n) is 13.9. The number of allylic oxidation sites excluding steroid dienone is 1. The van der Waals surface area contributed by atoms with Gasteiger partial charge in [-0.2, -0.15) is 5.26 Å². The second-order valence-corrected chi connectivity index (χ2v) is 5.85. The number of aliphatic hydroxyl groups is 1. The molecule has 2 rings (SSSR count).